The second kappa shape index (κ2) is 8.47. The molecular formula is C22H23N3O2S2. The minimum absolute atomic E-state index is 0.0474. The molecule has 2 unspecified atom stereocenters. The summed E-state index contributed by atoms with van der Waals surface area (Å²) in [7, 11) is 0. The number of aryl methyl sites for hydroxylation is 1. The number of nitrogens with one attached hydrogen (secondary N) is 1. The summed E-state index contributed by atoms with van der Waals surface area (Å²) in [6.07, 6.45) is 0.701. The standard InChI is InChI=1S/C22H23N3O2S2/c1-14-10-18(25(12-14)22(27)19-4-3-9-28-19)21(26)23-11-16-5-7-17(8-6-16)20-15(2)24-13-29-20/h3-9,13-14,18H,10-12H2,1-2H3,(H,23,26). The number of hydrogen-bond donors (Lipinski definition) is 1. The molecular weight excluding hydrogens is 402 g/mol. The zero-order chi connectivity index (χ0) is 20.4. The molecule has 3 aromatic rings. The van der Waals surface area contributed by atoms with Gasteiger partial charge >= 0.3 is 0 Å². The van der Waals surface area contributed by atoms with Crippen molar-refractivity contribution in [3.8, 4) is 10.4 Å². The van der Waals surface area contributed by atoms with Crippen molar-refractivity contribution in [3.05, 3.63) is 63.4 Å². The van der Waals surface area contributed by atoms with Gasteiger partial charge in [0.2, 0.25) is 5.91 Å². The lowest BCUT2D eigenvalue weighted by atomic mass is 10.1. The Kier molecular flexibility index (Phi) is 5.78. The van der Waals surface area contributed by atoms with E-state index in [2.05, 4.69) is 29.4 Å². The van der Waals surface area contributed by atoms with E-state index >= 15 is 0 Å². The largest absolute Gasteiger partial charge is 0.350 e. The molecule has 1 aliphatic heterocycles. The molecule has 1 saturated heterocycles. The molecule has 1 N–H and O–H groups in total. The van der Waals surface area contributed by atoms with Crippen LogP contribution in [0.5, 0.6) is 0 Å². The van der Waals surface area contributed by atoms with Gasteiger partial charge in [-0.05, 0) is 41.8 Å². The Hall–Kier alpha value is -2.51. The quantitative estimate of drug-likeness (QED) is 0.661. The van der Waals surface area contributed by atoms with Crippen LogP contribution in [0.2, 0.25) is 0 Å². The molecule has 1 aromatic carbocycles. The minimum Gasteiger partial charge on any atom is -0.350 e. The van der Waals surface area contributed by atoms with E-state index < -0.39 is 6.04 Å². The number of aromatic nitrogens is 1. The fourth-order valence-electron chi connectivity index (χ4n) is 3.72. The fraction of sp³-hybridized carbons (Fsp3) is 0.318. The van der Waals surface area contributed by atoms with Crippen LogP contribution in [0.1, 0.15) is 34.3 Å². The number of rotatable bonds is 5. The van der Waals surface area contributed by atoms with E-state index in [0.717, 1.165) is 16.8 Å². The Balaban J connectivity index is 1.39. The number of carbonyl (C=O) groups excluding carboxylic acids is 2. The zero-order valence-electron chi connectivity index (χ0n) is 16.4. The number of thiophene rings is 1. The number of hydrogen-bond acceptors (Lipinski definition) is 5. The molecule has 2 amide bonds. The number of thiazole rings is 1. The third-order valence-corrected chi connectivity index (χ3v) is 7.07. The molecule has 3 heterocycles. The molecule has 0 aliphatic carbocycles. The molecule has 2 aromatic heterocycles. The van der Waals surface area contributed by atoms with Crippen molar-refractivity contribution in [3.63, 3.8) is 0 Å². The van der Waals surface area contributed by atoms with Gasteiger partial charge in [0.1, 0.15) is 6.04 Å². The smallest absolute Gasteiger partial charge is 0.264 e. The fourth-order valence-corrected chi connectivity index (χ4v) is 5.21. The first-order valence-electron chi connectivity index (χ1n) is 9.64. The van der Waals surface area contributed by atoms with Gasteiger partial charge in [0.05, 0.1) is 21.0 Å². The van der Waals surface area contributed by atoms with Crippen molar-refractivity contribution in [2.45, 2.75) is 32.9 Å². The Bertz CT molecular complexity index is 996. The number of amides is 2. The summed E-state index contributed by atoms with van der Waals surface area (Å²) >= 11 is 3.05. The molecule has 5 nitrogen and oxygen atoms in total. The first-order valence-corrected chi connectivity index (χ1v) is 11.4. The third kappa shape index (κ3) is 4.26. The molecule has 1 fully saturated rings. The van der Waals surface area contributed by atoms with Crippen LogP contribution in [0.4, 0.5) is 0 Å². The highest BCUT2D eigenvalue weighted by molar-refractivity contribution is 7.13. The number of likely N-dealkylation sites (tertiary alicyclic amines) is 1. The van der Waals surface area contributed by atoms with E-state index in [9.17, 15) is 9.59 Å². The maximum Gasteiger partial charge on any atom is 0.264 e. The highest BCUT2D eigenvalue weighted by Crippen LogP contribution is 2.28. The number of nitrogens with zero attached hydrogens (tertiary/aromatic N) is 2. The predicted octanol–water partition coefficient (Wildman–Crippen LogP) is 4.35. The normalized spacial score (nSPS) is 18.8. The van der Waals surface area contributed by atoms with Gasteiger partial charge in [-0.15, -0.1) is 22.7 Å². The molecule has 2 atom stereocenters. The zero-order valence-corrected chi connectivity index (χ0v) is 18.1. The minimum atomic E-state index is -0.404. The lowest BCUT2D eigenvalue weighted by molar-refractivity contribution is -0.125. The first kappa shape index (κ1) is 19.8. The van der Waals surface area contributed by atoms with Gasteiger partial charge in [-0.25, -0.2) is 4.98 Å². The summed E-state index contributed by atoms with van der Waals surface area (Å²) in [5.74, 6) is 0.187. The highest BCUT2D eigenvalue weighted by atomic mass is 32.1. The second-order valence-corrected chi connectivity index (χ2v) is 9.28. The summed E-state index contributed by atoms with van der Waals surface area (Å²) < 4.78 is 0. The summed E-state index contributed by atoms with van der Waals surface area (Å²) in [4.78, 5) is 33.5. The SMILES string of the molecule is Cc1ncsc1-c1ccc(CNC(=O)C2CC(C)CN2C(=O)c2cccs2)cc1. The molecule has 0 spiro atoms. The molecule has 0 bridgehead atoms. The Morgan fingerprint density at radius 2 is 2.00 bits per heavy atom. The van der Waals surface area contributed by atoms with Crippen LogP contribution in [0.3, 0.4) is 0 Å². The Labute approximate surface area is 178 Å². The topological polar surface area (TPSA) is 62.3 Å². The number of carbonyl (C=O) groups is 2. The van der Waals surface area contributed by atoms with Crippen LogP contribution in [-0.4, -0.2) is 34.3 Å². The predicted molar refractivity (Wildman–Crippen MR) is 117 cm³/mol. The highest BCUT2D eigenvalue weighted by Gasteiger charge is 2.38. The summed E-state index contributed by atoms with van der Waals surface area (Å²) in [5, 5.41) is 4.91. The van der Waals surface area contributed by atoms with Crippen LogP contribution >= 0.6 is 22.7 Å². The van der Waals surface area contributed by atoms with Gasteiger partial charge in [0, 0.05) is 13.1 Å². The van der Waals surface area contributed by atoms with Crippen LogP contribution in [0.15, 0.2) is 47.3 Å². The van der Waals surface area contributed by atoms with Crippen molar-refractivity contribution in [1.29, 1.82) is 0 Å². The maximum atomic E-state index is 12.8. The van der Waals surface area contributed by atoms with Gasteiger partial charge in [-0.2, -0.15) is 0 Å². The Morgan fingerprint density at radius 3 is 2.66 bits per heavy atom. The van der Waals surface area contributed by atoms with Gasteiger partial charge in [0.15, 0.2) is 0 Å². The van der Waals surface area contributed by atoms with E-state index in [0.29, 0.717) is 30.3 Å². The van der Waals surface area contributed by atoms with E-state index in [1.54, 1.807) is 16.2 Å². The van der Waals surface area contributed by atoms with Crippen LogP contribution < -0.4 is 5.32 Å². The molecule has 150 valence electrons. The van der Waals surface area contributed by atoms with Gasteiger partial charge < -0.3 is 10.2 Å². The van der Waals surface area contributed by atoms with Crippen LogP contribution in [0, 0.1) is 12.8 Å². The third-order valence-electron chi connectivity index (χ3n) is 5.23. The average Bonchev–Trinajstić information content (AvgIpc) is 3.47. The summed E-state index contributed by atoms with van der Waals surface area (Å²) in [6, 6.07) is 11.5. The average molecular weight is 426 g/mol. The monoisotopic (exact) mass is 425 g/mol. The van der Waals surface area contributed by atoms with E-state index in [1.807, 2.05) is 42.1 Å². The summed E-state index contributed by atoms with van der Waals surface area (Å²) in [5.41, 5.74) is 5.05. The summed E-state index contributed by atoms with van der Waals surface area (Å²) in [6.45, 7) is 5.17. The molecule has 0 radical (unpaired) electrons. The van der Waals surface area contributed by atoms with Crippen molar-refractivity contribution in [1.82, 2.24) is 15.2 Å². The van der Waals surface area contributed by atoms with Crippen LogP contribution in [-0.2, 0) is 11.3 Å². The van der Waals surface area contributed by atoms with E-state index in [1.165, 1.54) is 16.2 Å². The number of benzene rings is 1. The van der Waals surface area contributed by atoms with Crippen LogP contribution in [0.25, 0.3) is 10.4 Å². The van der Waals surface area contributed by atoms with Gasteiger partial charge in [-0.3, -0.25) is 9.59 Å². The lowest BCUT2D eigenvalue weighted by Gasteiger charge is -2.23. The maximum absolute atomic E-state index is 12.8. The van der Waals surface area contributed by atoms with Crippen molar-refractivity contribution in [2.24, 2.45) is 5.92 Å². The van der Waals surface area contributed by atoms with Gasteiger partial charge in [0.25, 0.3) is 5.91 Å². The second-order valence-electron chi connectivity index (χ2n) is 7.47. The lowest BCUT2D eigenvalue weighted by Crippen LogP contribution is -2.45. The first-order chi connectivity index (χ1) is 14.0. The van der Waals surface area contributed by atoms with Crippen molar-refractivity contribution in [2.75, 3.05) is 6.54 Å². The molecule has 7 heteroatoms. The van der Waals surface area contributed by atoms with E-state index in [4.69, 9.17) is 0 Å². The molecule has 29 heavy (non-hydrogen) atoms. The Morgan fingerprint density at radius 1 is 1.21 bits per heavy atom. The van der Waals surface area contributed by atoms with Crippen molar-refractivity contribution >= 4 is 34.5 Å². The van der Waals surface area contributed by atoms with E-state index in [-0.39, 0.29) is 11.8 Å². The molecule has 1 aliphatic rings. The van der Waals surface area contributed by atoms with Gasteiger partial charge in [-0.1, -0.05) is 37.3 Å². The molecule has 0 saturated carbocycles. The molecule has 4 rings (SSSR count). The van der Waals surface area contributed by atoms with Crippen molar-refractivity contribution < 1.29 is 9.59 Å².